The highest BCUT2D eigenvalue weighted by molar-refractivity contribution is 5.91. The first-order valence-electron chi connectivity index (χ1n) is 8.57. The van der Waals surface area contributed by atoms with Crippen LogP contribution in [0.25, 0.3) is 0 Å². The number of likely N-dealkylation sites (tertiary alicyclic amines) is 2. The Hall–Kier alpha value is -2.57. The summed E-state index contributed by atoms with van der Waals surface area (Å²) in [5.74, 6) is -1.59. The molecule has 1 N–H and O–H groups in total. The molecule has 0 radical (unpaired) electrons. The van der Waals surface area contributed by atoms with Crippen LogP contribution in [0.4, 0.5) is 10.5 Å². The number of rotatable bonds is 3. The topological polar surface area (TPSA) is 81.2 Å². The Labute approximate surface area is 146 Å². The molecule has 0 aliphatic carbocycles. The molecule has 0 bridgehead atoms. The Kier molecular flexibility index (Phi) is 4.92. The Morgan fingerprint density at radius 3 is 2.36 bits per heavy atom. The van der Waals surface area contributed by atoms with Crippen molar-refractivity contribution in [3.05, 3.63) is 30.3 Å². The predicted molar refractivity (Wildman–Crippen MR) is 92.3 cm³/mol. The highest BCUT2D eigenvalue weighted by Crippen LogP contribution is 2.26. The van der Waals surface area contributed by atoms with E-state index in [1.54, 1.807) is 21.7 Å². The Bertz CT molecular complexity index is 656. The average Bonchev–Trinajstić information content (AvgIpc) is 3.03. The van der Waals surface area contributed by atoms with Crippen molar-refractivity contribution < 1.29 is 19.5 Å². The van der Waals surface area contributed by atoms with E-state index in [1.807, 2.05) is 30.3 Å². The van der Waals surface area contributed by atoms with E-state index in [0.717, 1.165) is 5.69 Å². The van der Waals surface area contributed by atoms with Crippen LogP contribution < -0.4 is 4.90 Å². The van der Waals surface area contributed by atoms with Crippen molar-refractivity contribution in [3.63, 3.8) is 0 Å². The van der Waals surface area contributed by atoms with Gasteiger partial charge in [-0.15, -0.1) is 0 Å². The van der Waals surface area contributed by atoms with Crippen molar-refractivity contribution in [2.24, 2.45) is 5.92 Å². The summed E-state index contributed by atoms with van der Waals surface area (Å²) in [4.78, 5) is 40.9. The van der Waals surface area contributed by atoms with Crippen LogP contribution in [-0.2, 0) is 9.59 Å². The first kappa shape index (κ1) is 17.3. The van der Waals surface area contributed by atoms with Crippen LogP contribution in [0.3, 0.4) is 0 Å². The second kappa shape index (κ2) is 7.13. The van der Waals surface area contributed by atoms with Gasteiger partial charge in [-0.25, -0.2) is 4.79 Å². The minimum Gasteiger partial charge on any atom is -0.481 e. The molecule has 2 aliphatic rings. The number of hydrogen-bond donors (Lipinski definition) is 1. The van der Waals surface area contributed by atoms with Crippen molar-refractivity contribution >= 4 is 23.6 Å². The summed E-state index contributed by atoms with van der Waals surface area (Å²) in [6, 6.07) is 9.44. The van der Waals surface area contributed by atoms with Crippen LogP contribution in [0.15, 0.2) is 30.3 Å². The standard InChI is InChI=1S/C18H23N3O4/c1-19(14-5-3-2-4-6-14)18(25)20-9-7-15(8-10-20)21-12-13(17(23)24)11-16(21)22/h2-6,13,15H,7-12H2,1H3,(H,23,24). The molecule has 1 aromatic rings. The Balaban J connectivity index is 1.56. The molecule has 2 saturated heterocycles. The average molecular weight is 345 g/mol. The molecule has 0 spiro atoms. The molecule has 0 saturated carbocycles. The van der Waals surface area contributed by atoms with Crippen molar-refractivity contribution in [1.29, 1.82) is 0 Å². The smallest absolute Gasteiger partial charge is 0.324 e. The van der Waals surface area contributed by atoms with Crippen LogP contribution in [-0.4, -0.2) is 65.5 Å². The van der Waals surface area contributed by atoms with Gasteiger partial charge in [-0.1, -0.05) is 18.2 Å². The van der Waals surface area contributed by atoms with Crippen molar-refractivity contribution in [3.8, 4) is 0 Å². The monoisotopic (exact) mass is 345 g/mol. The molecule has 134 valence electrons. The highest BCUT2D eigenvalue weighted by atomic mass is 16.4. The summed E-state index contributed by atoms with van der Waals surface area (Å²) < 4.78 is 0. The largest absolute Gasteiger partial charge is 0.481 e. The van der Waals surface area contributed by atoms with Gasteiger partial charge in [0.2, 0.25) is 5.91 Å². The highest BCUT2D eigenvalue weighted by Gasteiger charge is 2.39. The number of carboxylic acids is 1. The molecule has 3 amide bonds. The summed E-state index contributed by atoms with van der Waals surface area (Å²) in [6.07, 6.45) is 1.46. The molecule has 1 aromatic carbocycles. The molecule has 1 unspecified atom stereocenters. The van der Waals surface area contributed by atoms with E-state index in [9.17, 15) is 14.4 Å². The van der Waals surface area contributed by atoms with E-state index in [0.29, 0.717) is 25.9 Å². The zero-order valence-electron chi connectivity index (χ0n) is 14.3. The molecule has 7 heteroatoms. The SMILES string of the molecule is CN(C(=O)N1CCC(N2CC(C(=O)O)CC2=O)CC1)c1ccccc1. The van der Waals surface area contributed by atoms with Crippen LogP contribution in [0.1, 0.15) is 19.3 Å². The number of carbonyl (C=O) groups is 3. The summed E-state index contributed by atoms with van der Waals surface area (Å²) in [6.45, 7) is 1.43. The molecule has 2 fully saturated rings. The van der Waals surface area contributed by atoms with Gasteiger partial charge in [-0.05, 0) is 25.0 Å². The minimum atomic E-state index is -0.909. The first-order valence-corrected chi connectivity index (χ1v) is 8.57. The molecule has 2 aliphatic heterocycles. The normalized spacial score (nSPS) is 21.5. The molecular weight excluding hydrogens is 322 g/mol. The summed E-state index contributed by atoms with van der Waals surface area (Å²) >= 11 is 0. The fourth-order valence-corrected chi connectivity index (χ4v) is 3.59. The van der Waals surface area contributed by atoms with Gasteiger partial charge >= 0.3 is 12.0 Å². The molecule has 25 heavy (non-hydrogen) atoms. The number of benzene rings is 1. The number of hydrogen-bond acceptors (Lipinski definition) is 3. The second-order valence-corrected chi connectivity index (χ2v) is 6.68. The number of urea groups is 1. The third kappa shape index (κ3) is 3.60. The number of nitrogens with zero attached hydrogens (tertiary/aromatic N) is 3. The molecular formula is C18H23N3O4. The maximum Gasteiger partial charge on any atom is 0.324 e. The van der Waals surface area contributed by atoms with Gasteiger partial charge in [0, 0.05) is 44.8 Å². The first-order chi connectivity index (χ1) is 12.0. The van der Waals surface area contributed by atoms with E-state index in [1.165, 1.54) is 0 Å². The Morgan fingerprint density at radius 2 is 1.80 bits per heavy atom. The zero-order valence-corrected chi connectivity index (χ0v) is 14.3. The predicted octanol–water partition coefficient (Wildman–Crippen LogP) is 1.64. The minimum absolute atomic E-state index is 0.0305. The number of para-hydroxylation sites is 1. The number of piperidine rings is 1. The third-order valence-electron chi connectivity index (χ3n) is 5.11. The lowest BCUT2D eigenvalue weighted by atomic mass is 10.0. The number of anilines is 1. The van der Waals surface area contributed by atoms with E-state index in [-0.39, 0.29) is 30.9 Å². The number of carboxylic acid groups (broad SMARTS) is 1. The quantitative estimate of drug-likeness (QED) is 0.903. The van der Waals surface area contributed by atoms with Gasteiger partial charge in [0.1, 0.15) is 0 Å². The van der Waals surface area contributed by atoms with E-state index in [2.05, 4.69) is 0 Å². The zero-order chi connectivity index (χ0) is 18.0. The third-order valence-corrected chi connectivity index (χ3v) is 5.11. The van der Waals surface area contributed by atoms with Crippen LogP contribution in [0.5, 0.6) is 0 Å². The van der Waals surface area contributed by atoms with E-state index >= 15 is 0 Å². The van der Waals surface area contributed by atoms with Crippen molar-refractivity contribution in [2.75, 3.05) is 31.6 Å². The van der Waals surface area contributed by atoms with Crippen LogP contribution >= 0.6 is 0 Å². The fraction of sp³-hybridized carbons (Fsp3) is 0.500. The number of carbonyl (C=O) groups excluding carboxylic acids is 2. The molecule has 7 nitrogen and oxygen atoms in total. The summed E-state index contributed by atoms with van der Waals surface area (Å²) in [7, 11) is 1.76. The van der Waals surface area contributed by atoms with E-state index in [4.69, 9.17) is 5.11 Å². The van der Waals surface area contributed by atoms with Crippen molar-refractivity contribution in [1.82, 2.24) is 9.80 Å². The molecule has 1 atom stereocenters. The van der Waals surface area contributed by atoms with Gasteiger partial charge in [0.05, 0.1) is 5.92 Å². The Morgan fingerprint density at radius 1 is 1.16 bits per heavy atom. The van der Waals surface area contributed by atoms with Gasteiger partial charge in [-0.2, -0.15) is 0 Å². The summed E-state index contributed by atoms with van der Waals surface area (Å²) in [5, 5.41) is 9.09. The second-order valence-electron chi connectivity index (χ2n) is 6.68. The van der Waals surface area contributed by atoms with Crippen LogP contribution in [0.2, 0.25) is 0 Å². The van der Waals surface area contributed by atoms with Crippen molar-refractivity contribution in [2.45, 2.75) is 25.3 Å². The fourth-order valence-electron chi connectivity index (χ4n) is 3.59. The molecule has 0 aromatic heterocycles. The number of amides is 3. The summed E-state index contributed by atoms with van der Waals surface area (Å²) in [5.41, 5.74) is 0.841. The number of aliphatic carboxylic acids is 1. The molecule has 2 heterocycles. The molecule has 3 rings (SSSR count). The van der Waals surface area contributed by atoms with E-state index < -0.39 is 11.9 Å². The lowest BCUT2D eigenvalue weighted by Crippen LogP contribution is -2.50. The lowest BCUT2D eigenvalue weighted by Gasteiger charge is -2.38. The van der Waals surface area contributed by atoms with Gasteiger partial charge in [0.15, 0.2) is 0 Å². The van der Waals surface area contributed by atoms with Gasteiger partial charge in [-0.3, -0.25) is 14.5 Å². The van der Waals surface area contributed by atoms with Gasteiger partial charge < -0.3 is 14.9 Å². The van der Waals surface area contributed by atoms with Crippen LogP contribution in [0, 0.1) is 5.92 Å². The van der Waals surface area contributed by atoms with Gasteiger partial charge in [0.25, 0.3) is 0 Å². The maximum atomic E-state index is 12.6. The maximum absolute atomic E-state index is 12.6. The lowest BCUT2D eigenvalue weighted by molar-refractivity contribution is -0.141.